The largest absolute Gasteiger partial charge is 0.464 e. The number of esters is 3. The molecule has 0 spiro atoms. The van der Waals surface area contributed by atoms with E-state index >= 15 is 0 Å². The van der Waals surface area contributed by atoms with Gasteiger partial charge in [-0.25, -0.2) is 14.4 Å². The highest BCUT2D eigenvalue weighted by Gasteiger charge is 2.18. The lowest BCUT2D eigenvalue weighted by Crippen LogP contribution is -2.15. The molecule has 0 saturated carbocycles. The molecular formula is C26H42O8. The molecule has 194 valence electrons. The zero-order valence-electron chi connectivity index (χ0n) is 21.3. The predicted octanol–water partition coefficient (Wildman–Crippen LogP) is 4.98. The molecule has 0 aliphatic carbocycles. The van der Waals surface area contributed by atoms with E-state index in [9.17, 15) is 14.4 Å². The van der Waals surface area contributed by atoms with Gasteiger partial charge in [0.1, 0.15) is 6.61 Å². The van der Waals surface area contributed by atoms with E-state index in [4.69, 9.17) is 18.9 Å². The first-order valence-corrected chi connectivity index (χ1v) is 12.3. The van der Waals surface area contributed by atoms with E-state index in [1.165, 1.54) is 0 Å². The van der Waals surface area contributed by atoms with Crippen molar-refractivity contribution >= 4 is 17.9 Å². The molecule has 34 heavy (non-hydrogen) atoms. The first kappa shape index (κ1) is 31.6. The molecule has 0 aliphatic rings. The van der Waals surface area contributed by atoms with E-state index in [2.05, 4.69) is 11.7 Å². The lowest BCUT2D eigenvalue weighted by Gasteiger charge is -2.09. The highest BCUT2D eigenvalue weighted by atomic mass is 16.6. The van der Waals surface area contributed by atoms with Crippen LogP contribution < -0.4 is 0 Å². The molecule has 0 aliphatic heterocycles. The second-order valence-electron chi connectivity index (χ2n) is 7.35. The van der Waals surface area contributed by atoms with E-state index in [1.54, 1.807) is 31.2 Å². The van der Waals surface area contributed by atoms with Crippen molar-refractivity contribution in [3.8, 4) is 0 Å². The number of ether oxygens (including phenoxy) is 5. The maximum absolute atomic E-state index is 11.9. The van der Waals surface area contributed by atoms with Crippen LogP contribution in [0.25, 0.3) is 0 Å². The van der Waals surface area contributed by atoms with Crippen molar-refractivity contribution in [1.29, 1.82) is 0 Å². The molecule has 0 radical (unpaired) electrons. The average molecular weight is 483 g/mol. The Morgan fingerprint density at radius 1 is 0.618 bits per heavy atom. The lowest BCUT2D eigenvalue weighted by atomic mass is 10.1. The van der Waals surface area contributed by atoms with E-state index in [0.29, 0.717) is 33.0 Å². The quantitative estimate of drug-likeness (QED) is 0.174. The third-order valence-corrected chi connectivity index (χ3v) is 4.37. The molecule has 0 N–H and O–H groups in total. The minimum Gasteiger partial charge on any atom is -0.464 e. The summed E-state index contributed by atoms with van der Waals surface area (Å²) >= 11 is 0. The van der Waals surface area contributed by atoms with Crippen molar-refractivity contribution in [2.75, 3.05) is 46.2 Å². The fourth-order valence-corrected chi connectivity index (χ4v) is 2.44. The van der Waals surface area contributed by atoms with Crippen LogP contribution in [0.1, 0.15) is 86.9 Å². The Morgan fingerprint density at radius 2 is 1.09 bits per heavy atom. The molecule has 0 heterocycles. The van der Waals surface area contributed by atoms with Gasteiger partial charge in [-0.15, -0.1) is 0 Å². The van der Waals surface area contributed by atoms with Crippen LogP contribution in [0.3, 0.4) is 0 Å². The molecule has 8 nitrogen and oxygen atoms in total. The van der Waals surface area contributed by atoms with E-state index in [0.717, 1.165) is 45.1 Å². The molecular weight excluding hydrogens is 440 g/mol. The summed E-state index contributed by atoms with van der Waals surface area (Å²) < 4.78 is 25.2. The highest BCUT2D eigenvalue weighted by Crippen LogP contribution is 2.12. The SMILES string of the molecule is CCCCOC(=O)c1ccccc1C(=O)OCCCC.CCCCOCCOCC(=O)OCC. The number of unbranched alkanes of at least 4 members (excludes halogenated alkanes) is 3. The number of hydrogen-bond donors (Lipinski definition) is 0. The van der Waals surface area contributed by atoms with Gasteiger partial charge in [0.05, 0.1) is 44.2 Å². The van der Waals surface area contributed by atoms with Crippen LogP contribution in [0.4, 0.5) is 0 Å². The van der Waals surface area contributed by atoms with Crippen molar-refractivity contribution in [3.63, 3.8) is 0 Å². The standard InChI is InChI=1S/C16H22O4.C10H20O4/c1-3-5-11-19-15(17)13-9-7-8-10-14(13)16(18)20-12-6-4-2;1-3-5-6-12-7-8-13-9-10(11)14-4-2/h7-10H,3-6,11-12H2,1-2H3;3-9H2,1-2H3. The first-order valence-electron chi connectivity index (χ1n) is 12.3. The third-order valence-electron chi connectivity index (χ3n) is 4.37. The molecule has 1 aromatic carbocycles. The van der Waals surface area contributed by atoms with Crippen LogP contribution in [0, 0.1) is 0 Å². The zero-order chi connectivity index (χ0) is 25.4. The number of carbonyl (C=O) groups is 3. The second kappa shape index (κ2) is 22.3. The van der Waals surface area contributed by atoms with Gasteiger partial charge in [0.25, 0.3) is 0 Å². The number of hydrogen-bond acceptors (Lipinski definition) is 8. The van der Waals surface area contributed by atoms with E-state index < -0.39 is 11.9 Å². The maximum atomic E-state index is 11.9. The van der Waals surface area contributed by atoms with E-state index in [-0.39, 0.29) is 23.7 Å². The van der Waals surface area contributed by atoms with Crippen molar-refractivity contribution in [2.45, 2.75) is 66.2 Å². The van der Waals surface area contributed by atoms with Gasteiger partial charge in [0.15, 0.2) is 0 Å². The van der Waals surface area contributed by atoms with Crippen molar-refractivity contribution in [1.82, 2.24) is 0 Å². The van der Waals surface area contributed by atoms with Gasteiger partial charge in [-0.3, -0.25) is 0 Å². The van der Waals surface area contributed by atoms with Gasteiger partial charge in [-0.05, 0) is 38.3 Å². The van der Waals surface area contributed by atoms with Gasteiger partial charge in [-0.1, -0.05) is 52.2 Å². The monoisotopic (exact) mass is 482 g/mol. The third kappa shape index (κ3) is 16.2. The number of rotatable bonds is 17. The summed E-state index contributed by atoms with van der Waals surface area (Å²) in [5, 5.41) is 0. The van der Waals surface area contributed by atoms with Gasteiger partial charge in [0, 0.05) is 6.61 Å². The minimum atomic E-state index is -0.471. The zero-order valence-corrected chi connectivity index (χ0v) is 21.3. The Hall–Kier alpha value is -2.45. The molecule has 1 aromatic rings. The van der Waals surface area contributed by atoms with Crippen LogP contribution in [0.2, 0.25) is 0 Å². The van der Waals surface area contributed by atoms with E-state index in [1.807, 2.05) is 13.8 Å². The molecule has 0 atom stereocenters. The van der Waals surface area contributed by atoms with Crippen LogP contribution >= 0.6 is 0 Å². The summed E-state index contributed by atoms with van der Waals surface area (Å²) in [7, 11) is 0. The topological polar surface area (TPSA) is 97.4 Å². The predicted molar refractivity (Wildman–Crippen MR) is 130 cm³/mol. The smallest absolute Gasteiger partial charge is 0.339 e. The van der Waals surface area contributed by atoms with Crippen molar-refractivity contribution in [2.24, 2.45) is 0 Å². The van der Waals surface area contributed by atoms with Gasteiger partial charge < -0.3 is 23.7 Å². The minimum absolute atomic E-state index is 0.0188. The fraction of sp³-hybridized carbons (Fsp3) is 0.654. The fourth-order valence-electron chi connectivity index (χ4n) is 2.44. The molecule has 0 fully saturated rings. The van der Waals surface area contributed by atoms with Gasteiger partial charge in [0.2, 0.25) is 0 Å². The lowest BCUT2D eigenvalue weighted by molar-refractivity contribution is -0.148. The summed E-state index contributed by atoms with van der Waals surface area (Å²) in [5.74, 6) is -1.26. The Labute approximate surface area is 204 Å². The van der Waals surface area contributed by atoms with Gasteiger partial charge >= 0.3 is 17.9 Å². The Bertz CT molecular complexity index is 634. The average Bonchev–Trinajstić information content (AvgIpc) is 2.84. The Kier molecular flexibility index (Phi) is 20.7. The first-order chi connectivity index (χ1) is 16.5. The van der Waals surface area contributed by atoms with Crippen LogP contribution in [-0.4, -0.2) is 64.2 Å². The molecule has 0 aromatic heterocycles. The highest BCUT2D eigenvalue weighted by molar-refractivity contribution is 6.03. The molecule has 1 rings (SSSR count). The summed E-state index contributed by atoms with van der Waals surface area (Å²) in [6, 6.07) is 6.59. The summed E-state index contributed by atoms with van der Waals surface area (Å²) in [4.78, 5) is 34.7. The van der Waals surface area contributed by atoms with Crippen LogP contribution in [0.5, 0.6) is 0 Å². The van der Waals surface area contributed by atoms with Crippen molar-refractivity contribution < 1.29 is 38.1 Å². The Balaban J connectivity index is 0.000000686. The summed E-state index contributed by atoms with van der Waals surface area (Å²) in [6.07, 6.45) is 5.73. The summed E-state index contributed by atoms with van der Waals surface area (Å²) in [5.41, 5.74) is 0.537. The molecule has 0 amide bonds. The molecule has 0 saturated heterocycles. The van der Waals surface area contributed by atoms with Crippen LogP contribution in [0.15, 0.2) is 24.3 Å². The van der Waals surface area contributed by atoms with Crippen LogP contribution in [-0.2, 0) is 28.5 Å². The summed E-state index contributed by atoms with van der Waals surface area (Å²) in [6.45, 7) is 10.8. The molecule has 8 heteroatoms. The maximum Gasteiger partial charge on any atom is 0.339 e. The van der Waals surface area contributed by atoms with Crippen molar-refractivity contribution in [3.05, 3.63) is 35.4 Å². The Morgan fingerprint density at radius 3 is 1.56 bits per heavy atom. The normalized spacial score (nSPS) is 10.1. The second-order valence-corrected chi connectivity index (χ2v) is 7.35. The molecule has 0 bridgehead atoms. The number of carbonyl (C=O) groups excluding carboxylic acids is 3. The van der Waals surface area contributed by atoms with Gasteiger partial charge in [-0.2, -0.15) is 0 Å². The molecule has 0 unspecified atom stereocenters. The number of benzene rings is 1.